The van der Waals surface area contributed by atoms with Gasteiger partial charge in [-0.3, -0.25) is 4.90 Å². The summed E-state index contributed by atoms with van der Waals surface area (Å²) >= 11 is 1.72. The fraction of sp³-hybridized carbons (Fsp3) is 0.467. The largest absolute Gasteiger partial charge is 0.508 e. The molecule has 0 unspecified atom stereocenters. The molecule has 0 amide bonds. The third kappa shape index (κ3) is 3.60. The number of ether oxygens (including phenoxy) is 1. The quantitative estimate of drug-likeness (QED) is 0.845. The third-order valence-electron chi connectivity index (χ3n) is 3.70. The van der Waals surface area contributed by atoms with Crippen LogP contribution < -0.4 is 0 Å². The summed E-state index contributed by atoms with van der Waals surface area (Å²) in [7, 11) is 1.97. The van der Waals surface area contributed by atoms with Gasteiger partial charge >= 0.3 is 0 Å². The van der Waals surface area contributed by atoms with Gasteiger partial charge in [0.15, 0.2) is 11.0 Å². The Balaban J connectivity index is 1.59. The van der Waals surface area contributed by atoms with E-state index in [4.69, 9.17) is 4.74 Å². The molecule has 7 heteroatoms. The summed E-state index contributed by atoms with van der Waals surface area (Å²) in [5, 5.41) is 18.8. The predicted octanol–water partition coefficient (Wildman–Crippen LogP) is 1.61. The lowest BCUT2D eigenvalue weighted by Crippen LogP contribution is -2.37. The van der Waals surface area contributed by atoms with Crippen molar-refractivity contribution >= 4 is 11.8 Å². The number of phenolic OH excluding ortho intramolecular Hbond substituents is 1. The first kappa shape index (κ1) is 15.3. The summed E-state index contributed by atoms with van der Waals surface area (Å²) < 4.78 is 7.35. The minimum atomic E-state index is 0.256. The second-order valence-electron chi connectivity index (χ2n) is 5.21. The zero-order valence-electron chi connectivity index (χ0n) is 12.6. The Hall–Kier alpha value is -1.57. The number of morpholine rings is 1. The molecule has 0 atom stereocenters. The van der Waals surface area contributed by atoms with Crippen LogP contribution in [0, 0.1) is 0 Å². The van der Waals surface area contributed by atoms with Crippen LogP contribution in [0.5, 0.6) is 5.75 Å². The minimum absolute atomic E-state index is 0.256. The molecule has 0 radical (unpaired) electrons. The molecule has 6 nitrogen and oxygen atoms in total. The smallest absolute Gasteiger partial charge is 0.191 e. The van der Waals surface area contributed by atoms with Gasteiger partial charge in [0.2, 0.25) is 0 Å². The Bertz CT molecular complexity index is 609. The predicted molar refractivity (Wildman–Crippen MR) is 86.1 cm³/mol. The maximum Gasteiger partial charge on any atom is 0.191 e. The molecule has 1 fully saturated rings. The maximum absolute atomic E-state index is 9.36. The van der Waals surface area contributed by atoms with Crippen molar-refractivity contribution in [1.82, 2.24) is 19.7 Å². The van der Waals surface area contributed by atoms with Gasteiger partial charge in [0.05, 0.1) is 13.2 Å². The third-order valence-corrected chi connectivity index (χ3v) is 4.70. The highest BCUT2D eigenvalue weighted by Gasteiger charge is 2.13. The van der Waals surface area contributed by atoms with E-state index < -0.39 is 0 Å². The monoisotopic (exact) mass is 320 g/mol. The zero-order chi connectivity index (χ0) is 15.4. The number of aromatic hydroxyl groups is 1. The van der Waals surface area contributed by atoms with E-state index in [9.17, 15) is 5.11 Å². The van der Waals surface area contributed by atoms with Crippen LogP contribution in [0.25, 0.3) is 11.4 Å². The van der Waals surface area contributed by atoms with Crippen LogP contribution in [0.1, 0.15) is 0 Å². The van der Waals surface area contributed by atoms with Gasteiger partial charge in [-0.05, 0) is 24.3 Å². The number of phenols is 1. The molecule has 1 N–H and O–H groups in total. The molecule has 0 spiro atoms. The van der Waals surface area contributed by atoms with Crippen molar-refractivity contribution in [2.45, 2.75) is 5.16 Å². The molecule has 0 bridgehead atoms. The van der Waals surface area contributed by atoms with Gasteiger partial charge in [-0.15, -0.1) is 10.2 Å². The van der Waals surface area contributed by atoms with Gasteiger partial charge in [0.1, 0.15) is 5.75 Å². The highest BCUT2D eigenvalue weighted by molar-refractivity contribution is 7.99. The lowest BCUT2D eigenvalue weighted by atomic mass is 10.2. The van der Waals surface area contributed by atoms with Gasteiger partial charge in [-0.2, -0.15) is 0 Å². The van der Waals surface area contributed by atoms with E-state index in [2.05, 4.69) is 15.1 Å². The fourth-order valence-corrected chi connectivity index (χ4v) is 3.30. The summed E-state index contributed by atoms with van der Waals surface area (Å²) in [6.07, 6.45) is 0. The summed E-state index contributed by atoms with van der Waals surface area (Å²) in [4.78, 5) is 2.41. The van der Waals surface area contributed by atoms with Crippen LogP contribution in [-0.2, 0) is 11.8 Å². The topological polar surface area (TPSA) is 63.4 Å². The Morgan fingerprint density at radius 3 is 2.64 bits per heavy atom. The van der Waals surface area contributed by atoms with Crippen molar-refractivity contribution in [3.8, 4) is 17.1 Å². The summed E-state index contributed by atoms with van der Waals surface area (Å²) in [5.74, 6) is 2.06. The summed E-state index contributed by atoms with van der Waals surface area (Å²) in [5.41, 5.74) is 0.952. The van der Waals surface area contributed by atoms with E-state index in [0.29, 0.717) is 0 Å². The van der Waals surface area contributed by atoms with Gasteiger partial charge in [0.25, 0.3) is 0 Å². The second-order valence-corrected chi connectivity index (χ2v) is 6.28. The molecule has 3 rings (SSSR count). The Morgan fingerprint density at radius 1 is 1.18 bits per heavy atom. The summed E-state index contributed by atoms with van der Waals surface area (Å²) in [6.45, 7) is 4.73. The van der Waals surface area contributed by atoms with Crippen molar-refractivity contribution in [2.24, 2.45) is 7.05 Å². The van der Waals surface area contributed by atoms with Crippen LogP contribution in [-0.4, -0.2) is 63.4 Å². The van der Waals surface area contributed by atoms with Crippen LogP contribution in [0.15, 0.2) is 29.4 Å². The molecular weight excluding hydrogens is 300 g/mol. The molecule has 1 aliphatic rings. The lowest BCUT2D eigenvalue weighted by molar-refractivity contribution is 0.0410. The molecule has 118 valence electrons. The van der Waals surface area contributed by atoms with Crippen LogP contribution in [0.4, 0.5) is 0 Å². The van der Waals surface area contributed by atoms with Gasteiger partial charge < -0.3 is 14.4 Å². The molecule has 0 aliphatic carbocycles. The fourth-order valence-electron chi connectivity index (χ4n) is 2.39. The van der Waals surface area contributed by atoms with Gasteiger partial charge in [-0.25, -0.2) is 0 Å². The van der Waals surface area contributed by atoms with E-state index in [-0.39, 0.29) is 5.75 Å². The van der Waals surface area contributed by atoms with E-state index in [1.54, 1.807) is 23.9 Å². The van der Waals surface area contributed by atoms with Crippen molar-refractivity contribution in [3.05, 3.63) is 24.3 Å². The number of benzene rings is 1. The SMILES string of the molecule is Cn1c(SCCN2CCOCC2)nnc1-c1ccc(O)cc1. The first-order chi connectivity index (χ1) is 10.7. The van der Waals surface area contributed by atoms with Crippen LogP contribution >= 0.6 is 11.8 Å². The van der Waals surface area contributed by atoms with Crippen molar-refractivity contribution in [3.63, 3.8) is 0 Å². The number of aromatic nitrogens is 3. The number of hydrogen-bond donors (Lipinski definition) is 1. The lowest BCUT2D eigenvalue weighted by Gasteiger charge is -2.26. The number of hydrogen-bond acceptors (Lipinski definition) is 6. The first-order valence-electron chi connectivity index (χ1n) is 7.36. The molecule has 1 aromatic carbocycles. The van der Waals surface area contributed by atoms with Crippen LogP contribution in [0.3, 0.4) is 0 Å². The van der Waals surface area contributed by atoms with E-state index in [0.717, 1.165) is 55.1 Å². The van der Waals surface area contributed by atoms with Gasteiger partial charge in [-0.1, -0.05) is 11.8 Å². The highest BCUT2D eigenvalue weighted by Crippen LogP contribution is 2.24. The van der Waals surface area contributed by atoms with E-state index in [1.807, 2.05) is 23.7 Å². The van der Waals surface area contributed by atoms with Crippen molar-refractivity contribution in [2.75, 3.05) is 38.6 Å². The summed E-state index contributed by atoms with van der Waals surface area (Å²) in [6, 6.07) is 7.02. The molecule has 22 heavy (non-hydrogen) atoms. The highest BCUT2D eigenvalue weighted by atomic mass is 32.2. The maximum atomic E-state index is 9.36. The van der Waals surface area contributed by atoms with E-state index >= 15 is 0 Å². The Labute approximate surface area is 134 Å². The Kier molecular flexibility index (Phi) is 4.97. The zero-order valence-corrected chi connectivity index (χ0v) is 13.4. The number of rotatable bonds is 5. The Morgan fingerprint density at radius 2 is 1.91 bits per heavy atom. The van der Waals surface area contributed by atoms with Crippen molar-refractivity contribution < 1.29 is 9.84 Å². The molecule has 0 saturated carbocycles. The normalized spacial score (nSPS) is 16.0. The number of thioether (sulfide) groups is 1. The first-order valence-corrected chi connectivity index (χ1v) is 8.34. The molecule has 1 aromatic heterocycles. The van der Waals surface area contributed by atoms with Gasteiger partial charge in [0, 0.05) is 38.0 Å². The molecule has 2 heterocycles. The van der Waals surface area contributed by atoms with E-state index in [1.165, 1.54) is 0 Å². The number of nitrogens with zero attached hydrogens (tertiary/aromatic N) is 4. The molecular formula is C15H20N4O2S. The molecule has 2 aromatic rings. The molecule has 1 aliphatic heterocycles. The average Bonchev–Trinajstić information content (AvgIpc) is 2.90. The second kappa shape index (κ2) is 7.13. The van der Waals surface area contributed by atoms with Crippen LogP contribution in [0.2, 0.25) is 0 Å². The standard InChI is InChI=1S/C15H20N4O2S/c1-18-14(12-2-4-13(20)5-3-12)16-17-15(18)22-11-8-19-6-9-21-10-7-19/h2-5,20H,6-11H2,1H3. The average molecular weight is 320 g/mol. The molecule has 1 saturated heterocycles. The minimum Gasteiger partial charge on any atom is -0.508 e. The van der Waals surface area contributed by atoms with Crippen molar-refractivity contribution in [1.29, 1.82) is 0 Å².